The van der Waals surface area contributed by atoms with E-state index in [-0.39, 0.29) is 0 Å². The summed E-state index contributed by atoms with van der Waals surface area (Å²) in [6.45, 7) is 4.95. The molecule has 3 nitrogen and oxygen atoms in total. The van der Waals surface area contributed by atoms with Gasteiger partial charge in [-0.15, -0.1) is 0 Å². The lowest BCUT2D eigenvalue weighted by Gasteiger charge is -2.10. The van der Waals surface area contributed by atoms with Crippen LogP contribution in [0.2, 0.25) is 0 Å². The fraction of sp³-hybridized carbons (Fsp3) is 0.353. The zero-order valence-electron chi connectivity index (χ0n) is 12.4. The Bertz CT molecular complexity index is 653. The van der Waals surface area contributed by atoms with Crippen LogP contribution in [0.25, 0.3) is 0 Å². The number of aromatic nitrogens is 1. The van der Waals surface area contributed by atoms with Crippen molar-refractivity contribution in [2.24, 2.45) is 5.92 Å². The number of nitrogens with zero attached hydrogens (tertiary/aromatic N) is 1. The van der Waals surface area contributed by atoms with Crippen LogP contribution in [0.4, 0.5) is 5.69 Å². The van der Waals surface area contributed by atoms with Crippen LogP contribution >= 0.6 is 11.8 Å². The number of benzene rings is 1. The van der Waals surface area contributed by atoms with Gasteiger partial charge in [0, 0.05) is 4.90 Å². The van der Waals surface area contributed by atoms with Crippen molar-refractivity contribution in [3.63, 3.8) is 0 Å². The number of aryl methyl sites for hydroxylation is 2. The van der Waals surface area contributed by atoms with Gasteiger partial charge in [-0.3, -0.25) is 0 Å². The zero-order valence-corrected chi connectivity index (χ0v) is 13.2. The van der Waals surface area contributed by atoms with E-state index >= 15 is 0 Å². The first-order valence-electron chi connectivity index (χ1n) is 7.26. The van der Waals surface area contributed by atoms with E-state index in [1.165, 1.54) is 28.9 Å². The van der Waals surface area contributed by atoms with Gasteiger partial charge in [-0.05, 0) is 61.9 Å². The molecule has 0 atom stereocenters. The molecule has 1 aliphatic carbocycles. The van der Waals surface area contributed by atoms with E-state index in [0.29, 0.717) is 17.5 Å². The first kappa shape index (κ1) is 14.3. The number of nitrogen functional groups attached to an aromatic ring is 1. The summed E-state index contributed by atoms with van der Waals surface area (Å²) >= 11 is 1.65. The highest BCUT2D eigenvalue weighted by molar-refractivity contribution is 7.99. The van der Waals surface area contributed by atoms with Crippen LogP contribution in [-0.2, 0) is 0 Å². The minimum atomic E-state index is 0.567. The van der Waals surface area contributed by atoms with Crippen LogP contribution in [0, 0.1) is 19.8 Å². The van der Waals surface area contributed by atoms with Crippen LogP contribution in [0.1, 0.15) is 24.0 Å². The van der Waals surface area contributed by atoms with Gasteiger partial charge < -0.3 is 10.5 Å². The van der Waals surface area contributed by atoms with Gasteiger partial charge in [-0.2, -0.15) is 0 Å². The van der Waals surface area contributed by atoms with E-state index in [1.54, 1.807) is 11.8 Å². The Morgan fingerprint density at radius 2 is 2.05 bits per heavy atom. The van der Waals surface area contributed by atoms with Crippen molar-refractivity contribution < 1.29 is 4.74 Å². The maximum Gasteiger partial charge on any atom is 0.238 e. The summed E-state index contributed by atoms with van der Waals surface area (Å²) in [5.74, 6) is 1.26. The van der Waals surface area contributed by atoms with E-state index in [9.17, 15) is 0 Å². The molecule has 21 heavy (non-hydrogen) atoms. The van der Waals surface area contributed by atoms with Crippen molar-refractivity contribution >= 4 is 17.4 Å². The van der Waals surface area contributed by atoms with Crippen molar-refractivity contribution in [2.75, 3.05) is 12.3 Å². The van der Waals surface area contributed by atoms with Gasteiger partial charge in [-0.25, -0.2) is 4.98 Å². The molecule has 0 amide bonds. The van der Waals surface area contributed by atoms with E-state index in [2.05, 4.69) is 37.0 Å². The lowest BCUT2D eigenvalue weighted by atomic mass is 10.2. The standard InChI is InChI=1S/C17H20N2OS/c1-11-3-4-12(2)15(9-11)21-16-8-7-14(18)17(19-16)20-10-13-5-6-13/h3-4,7-9,13H,5-6,10,18H2,1-2H3. The minimum Gasteiger partial charge on any atom is -0.476 e. The Morgan fingerprint density at radius 1 is 1.24 bits per heavy atom. The first-order chi connectivity index (χ1) is 10.1. The van der Waals surface area contributed by atoms with E-state index < -0.39 is 0 Å². The van der Waals surface area contributed by atoms with Crippen LogP contribution in [0.15, 0.2) is 40.3 Å². The van der Waals surface area contributed by atoms with Crippen LogP contribution < -0.4 is 10.5 Å². The van der Waals surface area contributed by atoms with Crippen LogP contribution in [0.5, 0.6) is 5.88 Å². The van der Waals surface area contributed by atoms with Gasteiger partial charge >= 0.3 is 0 Å². The number of anilines is 1. The van der Waals surface area contributed by atoms with Gasteiger partial charge in [0.25, 0.3) is 0 Å². The number of hydrogen-bond acceptors (Lipinski definition) is 4. The Kier molecular flexibility index (Phi) is 4.06. The van der Waals surface area contributed by atoms with Crippen molar-refractivity contribution in [3.8, 4) is 5.88 Å². The molecule has 1 aliphatic rings. The predicted molar refractivity (Wildman–Crippen MR) is 86.9 cm³/mol. The van der Waals surface area contributed by atoms with Gasteiger partial charge in [0.1, 0.15) is 5.03 Å². The highest BCUT2D eigenvalue weighted by Gasteiger charge is 2.22. The Hall–Kier alpha value is -1.68. The van der Waals surface area contributed by atoms with Crippen molar-refractivity contribution in [3.05, 3.63) is 41.5 Å². The first-order valence-corrected chi connectivity index (χ1v) is 8.08. The molecule has 0 unspecified atom stereocenters. The normalized spacial score (nSPS) is 14.2. The third kappa shape index (κ3) is 3.70. The molecule has 1 aromatic carbocycles. The second kappa shape index (κ2) is 5.98. The van der Waals surface area contributed by atoms with E-state index in [1.807, 2.05) is 12.1 Å². The van der Waals surface area contributed by atoms with Crippen LogP contribution in [0.3, 0.4) is 0 Å². The van der Waals surface area contributed by atoms with E-state index in [0.717, 1.165) is 11.6 Å². The molecule has 110 valence electrons. The summed E-state index contributed by atoms with van der Waals surface area (Å²) in [4.78, 5) is 5.78. The average Bonchev–Trinajstić information content (AvgIpc) is 3.27. The molecule has 0 spiro atoms. The smallest absolute Gasteiger partial charge is 0.238 e. The highest BCUT2D eigenvalue weighted by Crippen LogP contribution is 2.34. The minimum absolute atomic E-state index is 0.567. The van der Waals surface area contributed by atoms with E-state index in [4.69, 9.17) is 10.5 Å². The van der Waals surface area contributed by atoms with Crippen molar-refractivity contribution in [2.45, 2.75) is 36.6 Å². The Balaban J connectivity index is 1.78. The Labute approximate surface area is 129 Å². The summed E-state index contributed by atoms with van der Waals surface area (Å²) in [7, 11) is 0. The quantitative estimate of drug-likeness (QED) is 0.898. The van der Waals surface area contributed by atoms with Crippen molar-refractivity contribution in [1.82, 2.24) is 4.98 Å². The van der Waals surface area contributed by atoms with Gasteiger partial charge in [-0.1, -0.05) is 23.9 Å². The summed E-state index contributed by atoms with van der Waals surface area (Å²) in [6.07, 6.45) is 2.52. The van der Waals surface area contributed by atoms with Gasteiger partial charge in [0.05, 0.1) is 12.3 Å². The molecule has 0 saturated heterocycles. The molecule has 0 bridgehead atoms. The summed E-state index contributed by atoms with van der Waals surface area (Å²) < 4.78 is 5.74. The zero-order chi connectivity index (χ0) is 14.8. The molecule has 0 aliphatic heterocycles. The summed E-state index contributed by atoms with van der Waals surface area (Å²) in [5.41, 5.74) is 9.07. The molecule has 4 heteroatoms. The maximum atomic E-state index is 5.95. The average molecular weight is 300 g/mol. The molecule has 2 aromatic rings. The number of nitrogens with two attached hydrogens (primary N) is 1. The molecule has 1 fully saturated rings. The molecule has 1 aromatic heterocycles. The molecule has 2 N–H and O–H groups in total. The number of hydrogen-bond donors (Lipinski definition) is 1. The van der Waals surface area contributed by atoms with Gasteiger partial charge in [0.2, 0.25) is 5.88 Å². The molecule has 1 heterocycles. The molecule has 1 saturated carbocycles. The molecular formula is C17H20N2OS. The number of pyridine rings is 1. The van der Waals surface area contributed by atoms with Gasteiger partial charge in [0.15, 0.2) is 0 Å². The SMILES string of the molecule is Cc1ccc(C)c(Sc2ccc(N)c(OCC3CC3)n2)c1. The topological polar surface area (TPSA) is 48.1 Å². The second-order valence-corrected chi connectivity index (χ2v) is 6.73. The van der Waals surface area contributed by atoms with Crippen LogP contribution in [-0.4, -0.2) is 11.6 Å². The lowest BCUT2D eigenvalue weighted by Crippen LogP contribution is -2.04. The third-order valence-corrected chi connectivity index (χ3v) is 4.67. The monoisotopic (exact) mass is 300 g/mol. The summed E-state index contributed by atoms with van der Waals surface area (Å²) in [6, 6.07) is 10.3. The maximum absolute atomic E-state index is 5.95. The lowest BCUT2D eigenvalue weighted by molar-refractivity contribution is 0.288. The molecule has 0 radical (unpaired) electrons. The third-order valence-electron chi connectivity index (χ3n) is 3.58. The Morgan fingerprint density at radius 3 is 2.81 bits per heavy atom. The second-order valence-electron chi connectivity index (χ2n) is 5.67. The number of ether oxygens (including phenoxy) is 1. The highest BCUT2D eigenvalue weighted by atomic mass is 32.2. The largest absolute Gasteiger partial charge is 0.476 e. The predicted octanol–water partition coefficient (Wildman–Crippen LogP) is 4.22. The van der Waals surface area contributed by atoms with Crippen molar-refractivity contribution in [1.29, 1.82) is 0 Å². The fourth-order valence-electron chi connectivity index (χ4n) is 2.02. The molecular weight excluding hydrogens is 280 g/mol. The fourth-order valence-corrected chi connectivity index (χ4v) is 2.98. The summed E-state index contributed by atoms with van der Waals surface area (Å²) in [5, 5.41) is 0.920. The molecule has 3 rings (SSSR count). The number of rotatable bonds is 5.